The first-order valence-electron chi connectivity index (χ1n) is 10.5. The summed E-state index contributed by atoms with van der Waals surface area (Å²) in [4.78, 5) is 32.4. The van der Waals surface area contributed by atoms with Crippen LogP contribution in [0.2, 0.25) is 0 Å². The summed E-state index contributed by atoms with van der Waals surface area (Å²) in [6, 6.07) is 6.14. The Morgan fingerprint density at radius 1 is 1.17 bits per heavy atom. The van der Waals surface area contributed by atoms with Crippen LogP contribution in [0.3, 0.4) is 0 Å². The predicted molar refractivity (Wildman–Crippen MR) is 119 cm³/mol. The first-order valence-corrected chi connectivity index (χ1v) is 11.3. The molecule has 0 unspecified atom stereocenters. The molecule has 0 spiro atoms. The Morgan fingerprint density at radius 2 is 1.90 bits per heavy atom. The van der Waals surface area contributed by atoms with E-state index in [2.05, 4.69) is 31.3 Å². The van der Waals surface area contributed by atoms with E-state index in [1.807, 2.05) is 17.6 Å². The van der Waals surface area contributed by atoms with E-state index in [1.54, 1.807) is 0 Å². The van der Waals surface area contributed by atoms with Crippen molar-refractivity contribution in [2.45, 2.75) is 65.8 Å². The highest BCUT2D eigenvalue weighted by Crippen LogP contribution is 2.30. The Balaban J connectivity index is 1.78. The van der Waals surface area contributed by atoms with E-state index in [4.69, 9.17) is 4.98 Å². The van der Waals surface area contributed by atoms with Crippen molar-refractivity contribution >= 4 is 33.1 Å². The highest BCUT2D eigenvalue weighted by atomic mass is 32.1. The number of amides is 1. The Bertz CT molecular complexity index is 1120. The number of hydrogen-bond acceptors (Lipinski definition) is 4. The molecule has 152 valence electrons. The Hall–Kier alpha value is -2.47. The third-order valence-electron chi connectivity index (χ3n) is 5.86. The van der Waals surface area contributed by atoms with E-state index in [-0.39, 0.29) is 11.5 Å². The molecule has 3 aromatic rings. The van der Waals surface area contributed by atoms with Crippen molar-refractivity contribution in [3.8, 4) is 0 Å². The molecule has 1 N–H and O–H groups in total. The number of aryl methyl sites for hydroxylation is 4. The molecule has 1 aliphatic rings. The number of benzene rings is 1. The molecule has 1 aliphatic heterocycles. The molecule has 1 aromatic carbocycles. The van der Waals surface area contributed by atoms with Crippen LogP contribution in [0.1, 0.15) is 65.3 Å². The molecule has 0 aliphatic carbocycles. The third-order valence-corrected chi connectivity index (χ3v) is 7.04. The van der Waals surface area contributed by atoms with Crippen molar-refractivity contribution < 1.29 is 4.79 Å². The van der Waals surface area contributed by atoms with Gasteiger partial charge in [0.1, 0.15) is 10.7 Å². The smallest absolute Gasteiger partial charge is 0.266 e. The lowest BCUT2D eigenvalue weighted by Gasteiger charge is -2.14. The van der Waals surface area contributed by atoms with Crippen LogP contribution in [0.15, 0.2) is 23.0 Å². The molecular formula is C23H27N3O2S. The first kappa shape index (κ1) is 19.8. The minimum absolute atomic E-state index is 0.00269. The summed E-state index contributed by atoms with van der Waals surface area (Å²) in [5.41, 5.74) is 3.90. The second kappa shape index (κ2) is 8.11. The molecule has 6 heteroatoms. The van der Waals surface area contributed by atoms with Crippen LogP contribution >= 0.6 is 11.3 Å². The van der Waals surface area contributed by atoms with Crippen LogP contribution in [0.25, 0.3) is 10.2 Å². The monoisotopic (exact) mass is 409 g/mol. The quantitative estimate of drug-likeness (QED) is 0.669. The lowest BCUT2D eigenvalue weighted by atomic mass is 10.0. The van der Waals surface area contributed by atoms with Gasteiger partial charge in [-0.2, -0.15) is 0 Å². The van der Waals surface area contributed by atoms with Crippen LogP contribution in [0.4, 0.5) is 5.69 Å². The number of anilines is 1. The maximum Gasteiger partial charge on any atom is 0.266 e. The third kappa shape index (κ3) is 3.50. The SMILES string of the molecule is CCc1cccc(CC)c1NC(=O)c1sc2nc3n(c(=O)c2c1C)CCCCC3. The van der Waals surface area contributed by atoms with E-state index >= 15 is 0 Å². The molecule has 3 heterocycles. The average Bonchev–Trinajstić information content (AvgIpc) is 2.89. The number of hydrogen-bond donors (Lipinski definition) is 1. The second-order valence-electron chi connectivity index (χ2n) is 7.64. The molecule has 0 saturated carbocycles. The van der Waals surface area contributed by atoms with Crippen molar-refractivity contribution in [3.63, 3.8) is 0 Å². The zero-order valence-electron chi connectivity index (χ0n) is 17.3. The number of nitrogens with one attached hydrogen (secondary N) is 1. The molecule has 29 heavy (non-hydrogen) atoms. The summed E-state index contributed by atoms with van der Waals surface area (Å²) in [7, 11) is 0. The molecule has 0 saturated heterocycles. The highest BCUT2D eigenvalue weighted by molar-refractivity contribution is 7.20. The van der Waals surface area contributed by atoms with Crippen LogP contribution in [0.5, 0.6) is 0 Å². The molecule has 4 rings (SSSR count). The molecule has 0 atom stereocenters. The summed E-state index contributed by atoms with van der Waals surface area (Å²) in [5, 5.41) is 3.74. The van der Waals surface area contributed by atoms with Gasteiger partial charge in [0, 0.05) is 18.7 Å². The Labute approximate surface area is 174 Å². The minimum Gasteiger partial charge on any atom is -0.321 e. The normalized spacial score (nSPS) is 13.9. The van der Waals surface area contributed by atoms with Gasteiger partial charge in [-0.1, -0.05) is 38.5 Å². The second-order valence-corrected chi connectivity index (χ2v) is 8.64. The van der Waals surface area contributed by atoms with Gasteiger partial charge in [-0.25, -0.2) is 4.98 Å². The topological polar surface area (TPSA) is 64.0 Å². The number of fused-ring (bicyclic) bond motifs is 2. The van der Waals surface area contributed by atoms with E-state index in [0.29, 0.717) is 15.1 Å². The number of aromatic nitrogens is 2. The first-order chi connectivity index (χ1) is 14.0. The summed E-state index contributed by atoms with van der Waals surface area (Å²) >= 11 is 1.34. The van der Waals surface area contributed by atoms with Gasteiger partial charge < -0.3 is 5.32 Å². The fourth-order valence-electron chi connectivity index (χ4n) is 4.20. The summed E-state index contributed by atoms with van der Waals surface area (Å²) in [6.07, 6.45) is 5.72. The molecule has 2 aromatic heterocycles. The van der Waals surface area contributed by atoms with Crippen LogP contribution in [-0.2, 0) is 25.8 Å². The van der Waals surface area contributed by atoms with Gasteiger partial charge in [-0.15, -0.1) is 11.3 Å². The van der Waals surface area contributed by atoms with Gasteiger partial charge in [0.15, 0.2) is 0 Å². The van der Waals surface area contributed by atoms with Crippen LogP contribution in [-0.4, -0.2) is 15.5 Å². The van der Waals surface area contributed by atoms with Crippen molar-refractivity contribution in [2.75, 3.05) is 5.32 Å². The lowest BCUT2D eigenvalue weighted by Crippen LogP contribution is -2.24. The van der Waals surface area contributed by atoms with Gasteiger partial charge >= 0.3 is 0 Å². The van der Waals surface area contributed by atoms with Gasteiger partial charge in [0.2, 0.25) is 0 Å². The molecular weight excluding hydrogens is 382 g/mol. The average molecular weight is 410 g/mol. The highest BCUT2D eigenvalue weighted by Gasteiger charge is 2.23. The van der Waals surface area contributed by atoms with Gasteiger partial charge in [0.25, 0.3) is 11.5 Å². The fraction of sp³-hybridized carbons (Fsp3) is 0.435. The van der Waals surface area contributed by atoms with Gasteiger partial charge in [0.05, 0.1) is 10.3 Å². The van der Waals surface area contributed by atoms with E-state index in [0.717, 1.165) is 73.3 Å². The van der Waals surface area contributed by atoms with E-state index in [1.165, 1.54) is 11.3 Å². The number of rotatable bonds is 4. The fourth-order valence-corrected chi connectivity index (χ4v) is 5.29. The van der Waals surface area contributed by atoms with Crippen LogP contribution in [0, 0.1) is 6.92 Å². The maximum atomic E-state index is 13.2. The minimum atomic E-state index is -0.152. The number of para-hydroxylation sites is 1. The summed E-state index contributed by atoms with van der Waals surface area (Å²) in [6.45, 7) is 6.77. The molecule has 0 bridgehead atoms. The van der Waals surface area contributed by atoms with Crippen LogP contribution < -0.4 is 10.9 Å². The van der Waals surface area contributed by atoms with Crippen molar-refractivity contribution in [3.05, 3.63) is 55.9 Å². The zero-order chi connectivity index (χ0) is 20.5. The zero-order valence-corrected chi connectivity index (χ0v) is 18.1. The largest absolute Gasteiger partial charge is 0.321 e. The lowest BCUT2D eigenvalue weighted by molar-refractivity contribution is 0.103. The summed E-state index contributed by atoms with van der Waals surface area (Å²) in [5.74, 6) is 0.707. The van der Waals surface area contributed by atoms with E-state index in [9.17, 15) is 9.59 Å². The maximum absolute atomic E-state index is 13.2. The number of thiophene rings is 1. The standard InChI is InChI=1S/C23H27N3O2S/c1-4-15-10-9-11-16(5-2)19(15)25-21(27)20-14(3)18-22(29-20)24-17-12-7-6-8-13-26(17)23(18)28/h9-11H,4-8,12-13H2,1-3H3,(H,25,27). The molecule has 5 nitrogen and oxygen atoms in total. The molecule has 0 fully saturated rings. The molecule has 1 amide bonds. The Kier molecular flexibility index (Phi) is 5.54. The summed E-state index contributed by atoms with van der Waals surface area (Å²) < 4.78 is 1.82. The van der Waals surface area contributed by atoms with E-state index < -0.39 is 0 Å². The number of carbonyl (C=O) groups excluding carboxylic acids is 1. The Morgan fingerprint density at radius 3 is 2.59 bits per heavy atom. The number of nitrogens with zero attached hydrogens (tertiary/aromatic N) is 2. The predicted octanol–water partition coefficient (Wildman–Crippen LogP) is 4.87. The van der Waals surface area contributed by atoms with Crippen molar-refractivity contribution in [1.29, 1.82) is 0 Å². The molecule has 0 radical (unpaired) electrons. The van der Waals surface area contributed by atoms with Gasteiger partial charge in [-0.3, -0.25) is 14.2 Å². The van der Waals surface area contributed by atoms with Gasteiger partial charge in [-0.05, 0) is 49.3 Å². The number of carbonyl (C=O) groups is 1. The van der Waals surface area contributed by atoms with Crippen molar-refractivity contribution in [1.82, 2.24) is 9.55 Å². The van der Waals surface area contributed by atoms with Crippen molar-refractivity contribution in [2.24, 2.45) is 0 Å².